The highest BCUT2D eigenvalue weighted by molar-refractivity contribution is 5.79. The number of carboxylic acid groups (broad SMARTS) is 2. The minimum Gasteiger partial charge on any atom is -0.481 e. The first kappa shape index (κ1) is 21.5. The van der Waals surface area contributed by atoms with E-state index in [1.165, 1.54) is 0 Å². The van der Waals surface area contributed by atoms with E-state index in [0.717, 1.165) is 0 Å². The maximum atomic E-state index is 10.3. The second-order valence-electron chi connectivity index (χ2n) is 3.87. The summed E-state index contributed by atoms with van der Waals surface area (Å²) in [6, 6.07) is 0. The van der Waals surface area contributed by atoms with Crippen LogP contribution >= 0.6 is 0 Å². The highest BCUT2D eigenvalue weighted by Gasteiger charge is 2.32. The van der Waals surface area contributed by atoms with E-state index in [2.05, 4.69) is 5.73 Å². The molecule has 0 aromatic rings. The first-order valence-electron chi connectivity index (χ1n) is 5.60. The van der Waals surface area contributed by atoms with Crippen LogP contribution < -0.4 is 5.73 Å². The molecule has 0 aliphatic rings. The van der Waals surface area contributed by atoms with Crippen molar-refractivity contribution in [3.63, 3.8) is 0 Å². The van der Waals surface area contributed by atoms with Crippen molar-refractivity contribution in [3.8, 4) is 0 Å². The van der Waals surface area contributed by atoms with Crippen molar-refractivity contribution < 1.29 is 50.1 Å². The van der Waals surface area contributed by atoms with E-state index < -0.39 is 48.9 Å². The standard InChI is InChI=1S/C6H13NO6.C4H6O4/c7-6(13)5(12)4(11)3(10)2(9)1-8;5-3(6)1-2-4(7)8/h2-5,8-12H,1H2,(H2,7,13);1-2H2,(H,5,6)(H,7,8)/t2-,3-,4+,5-;/m1./s1. The predicted octanol–water partition coefficient (Wildman–Crippen LogP) is -4.16. The van der Waals surface area contributed by atoms with Gasteiger partial charge in [0.25, 0.3) is 0 Å². The van der Waals surface area contributed by atoms with Crippen LogP contribution in [0.15, 0.2) is 0 Å². The minimum atomic E-state index is -1.98. The second-order valence-corrected chi connectivity index (χ2v) is 3.87. The molecule has 0 aromatic heterocycles. The Labute approximate surface area is 118 Å². The Kier molecular flexibility index (Phi) is 11.2. The SMILES string of the molecule is NC(=O)[C@H](O)[C@@H](O)[C@H](O)[C@H](O)CO.O=C(O)CCC(=O)O. The van der Waals surface area contributed by atoms with Crippen LogP contribution in [0.3, 0.4) is 0 Å². The lowest BCUT2D eigenvalue weighted by atomic mass is 10.0. The summed E-state index contributed by atoms with van der Waals surface area (Å²) in [7, 11) is 0. The molecule has 4 atom stereocenters. The van der Waals surface area contributed by atoms with Crippen LogP contribution in [0.1, 0.15) is 12.8 Å². The van der Waals surface area contributed by atoms with Gasteiger partial charge in [0.1, 0.15) is 18.3 Å². The van der Waals surface area contributed by atoms with Crippen LogP contribution in [0.25, 0.3) is 0 Å². The van der Waals surface area contributed by atoms with E-state index in [-0.39, 0.29) is 12.8 Å². The molecule has 0 aliphatic carbocycles. The van der Waals surface area contributed by atoms with Crippen LogP contribution in [0.5, 0.6) is 0 Å². The van der Waals surface area contributed by atoms with Gasteiger partial charge >= 0.3 is 11.9 Å². The monoisotopic (exact) mass is 313 g/mol. The summed E-state index contributed by atoms with van der Waals surface area (Å²) in [5.41, 5.74) is 4.61. The average molecular weight is 313 g/mol. The molecular formula is C10H19NO10. The lowest BCUT2D eigenvalue weighted by Gasteiger charge is -2.23. The van der Waals surface area contributed by atoms with Gasteiger partial charge in [0, 0.05) is 0 Å². The third kappa shape index (κ3) is 10.6. The Hall–Kier alpha value is -1.79. The first-order valence-corrected chi connectivity index (χ1v) is 5.60. The molecule has 0 fully saturated rings. The summed E-state index contributed by atoms with van der Waals surface area (Å²) < 4.78 is 0. The maximum absolute atomic E-state index is 10.3. The third-order valence-electron chi connectivity index (χ3n) is 2.10. The Bertz CT molecular complexity index is 333. The number of rotatable bonds is 8. The van der Waals surface area contributed by atoms with Gasteiger partial charge in [-0.3, -0.25) is 14.4 Å². The highest BCUT2D eigenvalue weighted by Crippen LogP contribution is 2.04. The Morgan fingerprint density at radius 1 is 0.857 bits per heavy atom. The Balaban J connectivity index is 0. The van der Waals surface area contributed by atoms with E-state index in [1.54, 1.807) is 0 Å². The van der Waals surface area contributed by atoms with Crippen LogP contribution in [0.2, 0.25) is 0 Å². The van der Waals surface area contributed by atoms with Crippen molar-refractivity contribution >= 4 is 17.8 Å². The number of nitrogens with two attached hydrogens (primary N) is 1. The first-order chi connectivity index (χ1) is 9.54. The summed E-state index contributed by atoms with van der Waals surface area (Å²) >= 11 is 0. The molecule has 0 aliphatic heterocycles. The fraction of sp³-hybridized carbons (Fsp3) is 0.700. The van der Waals surface area contributed by atoms with E-state index in [4.69, 9.17) is 35.7 Å². The van der Waals surface area contributed by atoms with E-state index >= 15 is 0 Å². The largest absolute Gasteiger partial charge is 0.481 e. The molecule has 21 heavy (non-hydrogen) atoms. The molecule has 1 amide bonds. The normalized spacial score (nSPS) is 15.9. The lowest BCUT2D eigenvalue weighted by molar-refractivity contribution is -0.146. The van der Waals surface area contributed by atoms with Gasteiger partial charge in [0.2, 0.25) is 5.91 Å². The maximum Gasteiger partial charge on any atom is 0.303 e. The van der Waals surface area contributed by atoms with Gasteiger partial charge in [-0.2, -0.15) is 0 Å². The molecule has 0 rings (SSSR count). The van der Waals surface area contributed by atoms with Crippen molar-refractivity contribution in [1.82, 2.24) is 0 Å². The van der Waals surface area contributed by atoms with Gasteiger partial charge in [0.05, 0.1) is 19.4 Å². The van der Waals surface area contributed by atoms with Crippen molar-refractivity contribution in [2.75, 3.05) is 6.61 Å². The number of carbonyl (C=O) groups is 3. The zero-order valence-corrected chi connectivity index (χ0v) is 10.9. The molecule has 0 spiro atoms. The summed E-state index contributed by atoms with van der Waals surface area (Å²) in [4.78, 5) is 29.6. The van der Waals surface area contributed by atoms with Crippen molar-refractivity contribution in [3.05, 3.63) is 0 Å². The molecule has 0 unspecified atom stereocenters. The molecule has 11 heteroatoms. The number of primary amides is 1. The van der Waals surface area contributed by atoms with E-state index in [9.17, 15) is 14.4 Å². The van der Waals surface area contributed by atoms with Crippen LogP contribution in [0, 0.1) is 0 Å². The number of carbonyl (C=O) groups excluding carboxylic acids is 1. The molecule has 0 bridgehead atoms. The average Bonchev–Trinajstić information content (AvgIpc) is 2.42. The van der Waals surface area contributed by atoms with Gasteiger partial charge in [-0.25, -0.2) is 0 Å². The molecule has 0 saturated heterocycles. The fourth-order valence-electron chi connectivity index (χ4n) is 0.905. The van der Waals surface area contributed by atoms with Crippen molar-refractivity contribution in [2.24, 2.45) is 5.73 Å². The van der Waals surface area contributed by atoms with Crippen LogP contribution in [0.4, 0.5) is 0 Å². The minimum absolute atomic E-state index is 0.296. The van der Waals surface area contributed by atoms with Crippen LogP contribution in [-0.2, 0) is 14.4 Å². The number of aliphatic hydroxyl groups excluding tert-OH is 5. The molecule has 11 nitrogen and oxygen atoms in total. The molecule has 0 saturated carbocycles. The number of aliphatic hydroxyl groups is 5. The van der Waals surface area contributed by atoms with E-state index in [1.807, 2.05) is 0 Å². The topological polar surface area (TPSA) is 219 Å². The summed E-state index contributed by atoms with van der Waals surface area (Å²) in [6.07, 6.45) is -7.95. The summed E-state index contributed by atoms with van der Waals surface area (Å²) in [6.45, 7) is -0.802. The molecule has 0 heterocycles. The predicted molar refractivity (Wildman–Crippen MR) is 64.8 cm³/mol. The van der Waals surface area contributed by atoms with Crippen molar-refractivity contribution in [1.29, 1.82) is 0 Å². The molecule has 0 radical (unpaired) electrons. The van der Waals surface area contributed by atoms with Gasteiger partial charge in [0.15, 0.2) is 6.10 Å². The molecular weight excluding hydrogens is 294 g/mol. The lowest BCUT2D eigenvalue weighted by Crippen LogP contribution is -2.50. The van der Waals surface area contributed by atoms with Gasteiger partial charge in [-0.05, 0) is 0 Å². The fourth-order valence-corrected chi connectivity index (χ4v) is 0.905. The van der Waals surface area contributed by atoms with E-state index in [0.29, 0.717) is 0 Å². The third-order valence-corrected chi connectivity index (χ3v) is 2.10. The number of aliphatic carboxylic acids is 2. The smallest absolute Gasteiger partial charge is 0.303 e. The highest BCUT2D eigenvalue weighted by atomic mass is 16.4. The van der Waals surface area contributed by atoms with Gasteiger partial charge in [-0.15, -0.1) is 0 Å². The number of hydrogen-bond donors (Lipinski definition) is 8. The summed E-state index contributed by atoms with van der Waals surface area (Å²) in [5.74, 6) is -3.38. The summed E-state index contributed by atoms with van der Waals surface area (Å²) in [5, 5.41) is 59.8. The molecule has 9 N–H and O–H groups in total. The second kappa shape index (κ2) is 10.9. The Morgan fingerprint density at radius 2 is 1.24 bits per heavy atom. The van der Waals surface area contributed by atoms with Gasteiger partial charge < -0.3 is 41.5 Å². The number of amides is 1. The number of carboxylic acids is 2. The number of hydrogen-bond acceptors (Lipinski definition) is 8. The van der Waals surface area contributed by atoms with Gasteiger partial charge in [-0.1, -0.05) is 0 Å². The molecule has 0 aromatic carbocycles. The van der Waals surface area contributed by atoms with Crippen molar-refractivity contribution in [2.45, 2.75) is 37.3 Å². The zero-order chi connectivity index (χ0) is 17.2. The molecule has 124 valence electrons. The Morgan fingerprint density at radius 3 is 1.48 bits per heavy atom. The quantitative estimate of drug-likeness (QED) is 0.216. The van der Waals surface area contributed by atoms with Crippen LogP contribution in [-0.4, -0.2) is 84.6 Å². The zero-order valence-electron chi connectivity index (χ0n) is 10.9.